The molecule has 15 heavy (non-hydrogen) atoms. The lowest BCUT2D eigenvalue weighted by molar-refractivity contribution is -0.384. The zero-order valence-corrected chi connectivity index (χ0v) is 8.04. The lowest BCUT2D eigenvalue weighted by Gasteiger charge is -2.03. The molecule has 0 N–H and O–H groups in total. The maximum atomic E-state index is 10.5. The van der Waals surface area contributed by atoms with Crippen LogP contribution in [0.25, 0.3) is 6.08 Å². The molecule has 0 unspecified atom stereocenters. The van der Waals surface area contributed by atoms with Crippen LogP contribution in [0.15, 0.2) is 24.3 Å². The van der Waals surface area contributed by atoms with Crippen LogP contribution in [0, 0.1) is 10.1 Å². The Morgan fingerprint density at radius 3 is 2.73 bits per heavy atom. The molecular weight excluding hydrogens is 198 g/mol. The van der Waals surface area contributed by atoms with Gasteiger partial charge in [-0.3, -0.25) is 14.9 Å². The van der Waals surface area contributed by atoms with Crippen LogP contribution in [-0.4, -0.2) is 18.3 Å². The second kappa shape index (κ2) is 4.90. The monoisotopic (exact) mass is 207 g/mol. The van der Waals surface area contributed by atoms with Gasteiger partial charge in [-0.05, 0) is 18.2 Å². The predicted octanol–water partition coefficient (Wildman–Crippen LogP) is 1.82. The minimum Gasteiger partial charge on any atom is -0.496 e. The Hall–Kier alpha value is -2.17. The highest BCUT2D eigenvalue weighted by atomic mass is 16.6. The van der Waals surface area contributed by atoms with Gasteiger partial charge in [-0.15, -0.1) is 0 Å². The fraction of sp³-hybridized carbons (Fsp3) is 0.100. The van der Waals surface area contributed by atoms with Crippen molar-refractivity contribution in [3.63, 3.8) is 0 Å². The molecule has 0 saturated heterocycles. The fourth-order valence-electron chi connectivity index (χ4n) is 1.11. The van der Waals surface area contributed by atoms with Gasteiger partial charge >= 0.3 is 0 Å². The van der Waals surface area contributed by atoms with Crippen LogP contribution in [-0.2, 0) is 4.79 Å². The van der Waals surface area contributed by atoms with E-state index in [1.807, 2.05) is 0 Å². The number of ether oxygens (including phenoxy) is 1. The van der Waals surface area contributed by atoms with Gasteiger partial charge < -0.3 is 4.74 Å². The van der Waals surface area contributed by atoms with Crippen molar-refractivity contribution in [2.45, 2.75) is 0 Å². The summed E-state index contributed by atoms with van der Waals surface area (Å²) in [6.07, 6.45) is 3.30. The number of rotatable bonds is 4. The molecule has 0 saturated carbocycles. The molecule has 0 radical (unpaired) electrons. The smallest absolute Gasteiger partial charge is 0.270 e. The number of carbonyl (C=O) groups excluding carboxylic acids is 1. The van der Waals surface area contributed by atoms with Gasteiger partial charge in [0.1, 0.15) is 12.0 Å². The van der Waals surface area contributed by atoms with Gasteiger partial charge in [-0.25, -0.2) is 0 Å². The standard InChI is InChI=1S/C10H9NO4/c1-15-10-5-4-9(11(13)14)7-8(10)3-2-6-12/h2-7H,1H3. The summed E-state index contributed by atoms with van der Waals surface area (Å²) in [7, 11) is 1.46. The molecule has 1 aromatic rings. The van der Waals surface area contributed by atoms with Gasteiger partial charge in [0.2, 0.25) is 0 Å². The molecule has 0 atom stereocenters. The molecule has 0 aromatic heterocycles. The van der Waals surface area contributed by atoms with Crippen molar-refractivity contribution in [1.29, 1.82) is 0 Å². The minimum absolute atomic E-state index is 0.0404. The second-order valence-electron chi connectivity index (χ2n) is 2.68. The molecule has 5 nitrogen and oxygen atoms in total. The molecule has 0 bridgehead atoms. The Kier molecular flexibility index (Phi) is 3.56. The van der Waals surface area contributed by atoms with Gasteiger partial charge in [-0.2, -0.15) is 0 Å². The zero-order valence-electron chi connectivity index (χ0n) is 8.04. The Bertz CT molecular complexity index is 412. The van der Waals surface area contributed by atoms with E-state index in [0.717, 1.165) is 0 Å². The Morgan fingerprint density at radius 2 is 2.20 bits per heavy atom. The molecule has 1 rings (SSSR count). The number of benzene rings is 1. The summed E-state index contributed by atoms with van der Waals surface area (Å²) < 4.78 is 4.99. The Balaban J connectivity index is 3.18. The normalized spacial score (nSPS) is 10.2. The lowest BCUT2D eigenvalue weighted by atomic mass is 10.1. The van der Waals surface area contributed by atoms with Crippen LogP contribution in [0.4, 0.5) is 5.69 Å². The summed E-state index contributed by atoms with van der Waals surface area (Å²) in [5.41, 5.74) is 0.458. The van der Waals surface area contributed by atoms with Crippen molar-refractivity contribution < 1.29 is 14.5 Å². The van der Waals surface area contributed by atoms with Crippen LogP contribution in [0.5, 0.6) is 5.75 Å². The number of carbonyl (C=O) groups is 1. The number of hydrogen-bond acceptors (Lipinski definition) is 4. The highest BCUT2D eigenvalue weighted by Gasteiger charge is 2.08. The summed E-state index contributed by atoms with van der Waals surface area (Å²) in [6.45, 7) is 0. The lowest BCUT2D eigenvalue weighted by Crippen LogP contribution is -1.91. The summed E-state index contributed by atoms with van der Waals surface area (Å²) in [5.74, 6) is 0.485. The summed E-state index contributed by atoms with van der Waals surface area (Å²) in [5, 5.41) is 10.5. The first-order chi connectivity index (χ1) is 7.19. The molecule has 0 spiro atoms. The first-order valence-electron chi connectivity index (χ1n) is 4.13. The Morgan fingerprint density at radius 1 is 1.47 bits per heavy atom. The molecule has 78 valence electrons. The average Bonchev–Trinajstić information content (AvgIpc) is 2.25. The first-order valence-corrected chi connectivity index (χ1v) is 4.13. The van der Waals surface area contributed by atoms with Crippen molar-refractivity contribution in [1.82, 2.24) is 0 Å². The van der Waals surface area contributed by atoms with Gasteiger partial charge in [0.25, 0.3) is 5.69 Å². The maximum absolute atomic E-state index is 10.5. The number of nitro benzene ring substituents is 1. The quantitative estimate of drug-likeness (QED) is 0.327. The summed E-state index contributed by atoms with van der Waals surface area (Å²) in [4.78, 5) is 20.1. The number of hydrogen-bond donors (Lipinski definition) is 0. The van der Waals surface area contributed by atoms with E-state index in [-0.39, 0.29) is 5.69 Å². The first kappa shape index (κ1) is 10.9. The minimum atomic E-state index is -0.502. The van der Waals surface area contributed by atoms with Gasteiger partial charge in [0.15, 0.2) is 0 Å². The highest BCUT2D eigenvalue weighted by molar-refractivity contribution is 5.76. The number of allylic oxidation sites excluding steroid dienone is 1. The Labute approximate surface area is 86.1 Å². The van der Waals surface area contributed by atoms with E-state index in [2.05, 4.69) is 0 Å². The van der Waals surface area contributed by atoms with E-state index < -0.39 is 4.92 Å². The van der Waals surface area contributed by atoms with Crippen molar-refractivity contribution in [3.8, 4) is 5.75 Å². The van der Waals surface area contributed by atoms with E-state index >= 15 is 0 Å². The van der Waals surface area contributed by atoms with Crippen molar-refractivity contribution >= 4 is 18.0 Å². The zero-order chi connectivity index (χ0) is 11.3. The van der Waals surface area contributed by atoms with Crippen LogP contribution in [0.3, 0.4) is 0 Å². The molecular formula is C10H9NO4. The van der Waals surface area contributed by atoms with Gasteiger partial charge in [0.05, 0.1) is 12.0 Å². The van der Waals surface area contributed by atoms with Crippen molar-refractivity contribution in [2.24, 2.45) is 0 Å². The third kappa shape index (κ3) is 2.63. The SMILES string of the molecule is COc1ccc([N+](=O)[O-])cc1C=CC=O. The van der Waals surface area contributed by atoms with E-state index in [1.54, 1.807) is 0 Å². The second-order valence-corrected chi connectivity index (χ2v) is 2.68. The van der Waals surface area contributed by atoms with Crippen LogP contribution in [0.2, 0.25) is 0 Å². The number of nitro groups is 1. The van der Waals surface area contributed by atoms with Gasteiger partial charge in [0, 0.05) is 17.7 Å². The third-order valence-electron chi connectivity index (χ3n) is 1.78. The van der Waals surface area contributed by atoms with Crippen molar-refractivity contribution in [2.75, 3.05) is 7.11 Å². The van der Waals surface area contributed by atoms with Crippen LogP contribution >= 0.6 is 0 Å². The number of nitrogens with zero attached hydrogens (tertiary/aromatic N) is 1. The number of non-ortho nitro benzene ring substituents is 1. The maximum Gasteiger partial charge on any atom is 0.270 e. The molecule has 0 aliphatic rings. The molecule has 0 heterocycles. The molecule has 0 amide bonds. The summed E-state index contributed by atoms with van der Waals surface area (Å²) in [6, 6.07) is 4.18. The number of methoxy groups -OCH3 is 1. The van der Waals surface area contributed by atoms with Gasteiger partial charge in [-0.1, -0.05) is 0 Å². The van der Waals surface area contributed by atoms with Crippen LogP contribution < -0.4 is 4.74 Å². The molecule has 0 aliphatic carbocycles. The highest BCUT2D eigenvalue weighted by Crippen LogP contribution is 2.24. The molecule has 0 fully saturated rings. The molecule has 0 aliphatic heterocycles. The van der Waals surface area contributed by atoms with E-state index in [9.17, 15) is 14.9 Å². The van der Waals surface area contributed by atoms with Crippen LogP contribution in [0.1, 0.15) is 5.56 Å². The largest absolute Gasteiger partial charge is 0.496 e. The summed E-state index contributed by atoms with van der Waals surface area (Å²) >= 11 is 0. The fourth-order valence-corrected chi connectivity index (χ4v) is 1.11. The topological polar surface area (TPSA) is 69.4 Å². The number of aldehydes is 1. The van der Waals surface area contributed by atoms with E-state index in [0.29, 0.717) is 17.6 Å². The third-order valence-corrected chi connectivity index (χ3v) is 1.78. The predicted molar refractivity (Wildman–Crippen MR) is 54.7 cm³/mol. The van der Waals surface area contributed by atoms with E-state index in [1.165, 1.54) is 37.5 Å². The van der Waals surface area contributed by atoms with E-state index in [4.69, 9.17) is 4.74 Å². The average molecular weight is 207 g/mol. The van der Waals surface area contributed by atoms with Crippen molar-refractivity contribution in [3.05, 3.63) is 40.0 Å². The molecule has 5 heteroatoms. The molecule has 1 aromatic carbocycles.